The summed E-state index contributed by atoms with van der Waals surface area (Å²) in [6.07, 6.45) is 0. The molecule has 0 heterocycles. The lowest BCUT2D eigenvalue weighted by Gasteiger charge is -2.21. The summed E-state index contributed by atoms with van der Waals surface area (Å²) >= 11 is 0. The maximum Gasteiger partial charge on any atom is 0.326 e. The molecule has 0 aliphatic rings. The van der Waals surface area contributed by atoms with Crippen molar-refractivity contribution in [2.75, 3.05) is 31.1 Å². The summed E-state index contributed by atoms with van der Waals surface area (Å²) in [6.45, 7) is 4.23. The van der Waals surface area contributed by atoms with Crippen LogP contribution in [0.1, 0.15) is 13.8 Å². The number of esters is 1. The second-order valence-electron chi connectivity index (χ2n) is 4.42. The monoisotopic (exact) mass is 307 g/mol. The number of imide groups is 1. The van der Waals surface area contributed by atoms with Crippen LogP contribution in [0.2, 0.25) is 0 Å². The Bertz CT molecular complexity index is 505. The molecule has 0 unspecified atom stereocenters. The van der Waals surface area contributed by atoms with Crippen molar-refractivity contribution < 1.29 is 19.1 Å². The molecule has 7 heteroatoms. The molecule has 120 valence electrons. The van der Waals surface area contributed by atoms with E-state index in [0.29, 0.717) is 13.1 Å². The van der Waals surface area contributed by atoms with E-state index in [1.165, 1.54) is 0 Å². The minimum absolute atomic E-state index is 0.0367. The van der Waals surface area contributed by atoms with Crippen LogP contribution >= 0.6 is 0 Å². The standard InChI is InChI=1S/C15H21N3O4/c1-3-16-15(21)17-13(19)11-22-14(20)10-18(4-2)12-8-6-5-7-9-12/h5-9H,3-4,10-11H2,1-2H3,(H2,16,17,19,21). The van der Waals surface area contributed by atoms with Gasteiger partial charge < -0.3 is 15.0 Å². The van der Waals surface area contributed by atoms with Gasteiger partial charge in [-0.3, -0.25) is 14.9 Å². The van der Waals surface area contributed by atoms with Gasteiger partial charge in [-0.25, -0.2) is 4.79 Å². The number of ether oxygens (including phenoxy) is 1. The molecule has 0 fully saturated rings. The number of hydrogen-bond donors (Lipinski definition) is 2. The first-order valence-corrected chi connectivity index (χ1v) is 7.10. The van der Waals surface area contributed by atoms with Crippen LogP contribution in [-0.2, 0) is 14.3 Å². The van der Waals surface area contributed by atoms with E-state index in [4.69, 9.17) is 4.74 Å². The van der Waals surface area contributed by atoms with Crippen LogP contribution in [0.15, 0.2) is 30.3 Å². The first-order valence-electron chi connectivity index (χ1n) is 7.10. The Labute approximate surface area is 129 Å². The number of nitrogens with one attached hydrogen (secondary N) is 2. The van der Waals surface area contributed by atoms with E-state index in [2.05, 4.69) is 10.6 Å². The highest BCUT2D eigenvalue weighted by atomic mass is 16.5. The highest BCUT2D eigenvalue weighted by molar-refractivity contribution is 5.95. The first kappa shape index (κ1) is 17.5. The zero-order valence-electron chi connectivity index (χ0n) is 12.8. The Morgan fingerprint density at radius 1 is 1.14 bits per heavy atom. The van der Waals surface area contributed by atoms with Crippen molar-refractivity contribution in [1.82, 2.24) is 10.6 Å². The van der Waals surface area contributed by atoms with Gasteiger partial charge in [-0.2, -0.15) is 0 Å². The van der Waals surface area contributed by atoms with Crippen molar-refractivity contribution in [3.05, 3.63) is 30.3 Å². The number of urea groups is 1. The number of likely N-dealkylation sites (N-methyl/N-ethyl adjacent to an activating group) is 1. The van der Waals surface area contributed by atoms with Gasteiger partial charge in [-0.1, -0.05) is 18.2 Å². The van der Waals surface area contributed by atoms with E-state index in [1.807, 2.05) is 42.2 Å². The summed E-state index contributed by atoms with van der Waals surface area (Å²) in [7, 11) is 0. The van der Waals surface area contributed by atoms with Crippen molar-refractivity contribution in [2.24, 2.45) is 0 Å². The molecule has 0 aromatic heterocycles. The van der Waals surface area contributed by atoms with Crippen molar-refractivity contribution in [3.8, 4) is 0 Å². The van der Waals surface area contributed by atoms with Gasteiger partial charge in [0.2, 0.25) is 0 Å². The minimum Gasteiger partial charge on any atom is -0.454 e. The number of hydrogen-bond acceptors (Lipinski definition) is 5. The Morgan fingerprint density at radius 3 is 2.41 bits per heavy atom. The Morgan fingerprint density at radius 2 is 1.82 bits per heavy atom. The van der Waals surface area contributed by atoms with E-state index in [1.54, 1.807) is 6.92 Å². The number of para-hydroxylation sites is 1. The summed E-state index contributed by atoms with van der Waals surface area (Å²) in [4.78, 5) is 36.1. The average Bonchev–Trinajstić information content (AvgIpc) is 2.51. The maximum atomic E-state index is 11.8. The number of rotatable bonds is 7. The minimum atomic E-state index is -0.665. The molecule has 0 bridgehead atoms. The van der Waals surface area contributed by atoms with E-state index >= 15 is 0 Å². The smallest absolute Gasteiger partial charge is 0.326 e. The highest BCUT2D eigenvalue weighted by Crippen LogP contribution is 2.12. The van der Waals surface area contributed by atoms with Gasteiger partial charge in [0.25, 0.3) is 5.91 Å². The zero-order chi connectivity index (χ0) is 16.4. The number of amides is 3. The number of benzene rings is 1. The number of anilines is 1. The van der Waals surface area contributed by atoms with Crippen LogP contribution in [0.5, 0.6) is 0 Å². The average molecular weight is 307 g/mol. The van der Waals surface area contributed by atoms with Gasteiger partial charge >= 0.3 is 12.0 Å². The molecular formula is C15H21N3O4. The molecular weight excluding hydrogens is 286 g/mol. The fraction of sp³-hybridized carbons (Fsp3) is 0.400. The van der Waals surface area contributed by atoms with Gasteiger partial charge in [0.05, 0.1) is 0 Å². The van der Waals surface area contributed by atoms with Gasteiger partial charge in [0, 0.05) is 18.8 Å². The molecule has 1 aromatic rings. The van der Waals surface area contributed by atoms with E-state index in [0.717, 1.165) is 5.69 Å². The predicted octanol–water partition coefficient (Wildman–Crippen LogP) is 0.902. The maximum absolute atomic E-state index is 11.8. The second kappa shape index (κ2) is 9.38. The molecule has 7 nitrogen and oxygen atoms in total. The molecule has 0 radical (unpaired) electrons. The van der Waals surface area contributed by atoms with Gasteiger partial charge in [0.15, 0.2) is 6.61 Å². The van der Waals surface area contributed by atoms with E-state index in [-0.39, 0.29) is 6.54 Å². The lowest BCUT2D eigenvalue weighted by atomic mass is 10.3. The molecule has 0 saturated heterocycles. The van der Waals surface area contributed by atoms with Crippen LogP contribution in [0.4, 0.5) is 10.5 Å². The summed E-state index contributed by atoms with van der Waals surface area (Å²) in [6, 6.07) is 8.81. The summed E-state index contributed by atoms with van der Waals surface area (Å²) in [5.74, 6) is -1.20. The van der Waals surface area contributed by atoms with Gasteiger partial charge in [-0.05, 0) is 26.0 Å². The Kier molecular flexibility index (Phi) is 7.45. The third-order valence-electron chi connectivity index (χ3n) is 2.78. The predicted molar refractivity (Wildman–Crippen MR) is 82.5 cm³/mol. The Hall–Kier alpha value is -2.57. The zero-order valence-corrected chi connectivity index (χ0v) is 12.8. The summed E-state index contributed by atoms with van der Waals surface area (Å²) in [5, 5.41) is 4.46. The van der Waals surface area contributed by atoms with Crippen molar-refractivity contribution >= 4 is 23.6 Å². The van der Waals surface area contributed by atoms with Gasteiger partial charge in [0.1, 0.15) is 6.54 Å². The van der Waals surface area contributed by atoms with E-state index < -0.39 is 24.5 Å². The number of carbonyl (C=O) groups excluding carboxylic acids is 3. The van der Waals surface area contributed by atoms with Crippen LogP contribution in [0.3, 0.4) is 0 Å². The molecule has 0 aliphatic heterocycles. The largest absolute Gasteiger partial charge is 0.454 e. The molecule has 0 spiro atoms. The number of carbonyl (C=O) groups is 3. The highest BCUT2D eigenvalue weighted by Gasteiger charge is 2.13. The molecule has 22 heavy (non-hydrogen) atoms. The second-order valence-corrected chi connectivity index (χ2v) is 4.42. The van der Waals surface area contributed by atoms with Crippen LogP contribution in [-0.4, -0.2) is 44.1 Å². The van der Waals surface area contributed by atoms with Crippen LogP contribution in [0.25, 0.3) is 0 Å². The Balaban J connectivity index is 2.39. The molecule has 0 atom stereocenters. The third-order valence-corrected chi connectivity index (χ3v) is 2.78. The normalized spacial score (nSPS) is 9.73. The molecule has 1 rings (SSSR count). The quantitative estimate of drug-likeness (QED) is 0.731. The summed E-state index contributed by atoms with van der Waals surface area (Å²) < 4.78 is 4.86. The summed E-state index contributed by atoms with van der Waals surface area (Å²) in [5.41, 5.74) is 0.897. The third kappa shape index (κ3) is 6.25. The SMILES string of the molecule is CCNC(=O)NC(=O)COC(=O)CN(CC)c1ccccc1. The molecule has 0 saturated carbocycles. The fourth-order valence-electron chi connectivity index (χ4n) is 1.74. The lowest BCUT2D eigenvalue weighted by molar-refractivity contribution is -0.146. The van der Waals surface area contributed by atoms with Crippen LogP contribution < -0.4 is 15.5 Å². The fourth-order valence-corrected chi connectivity index (χ4v) is 1.74. The topological polar surface area (TPSA) is 87.7 Å². The lowest BCUT2D eigenvalue weighted by Crippen LogP contribution is -2.41. The van der Waals surface area contributed by atoms with Crippen LogP contribution in [0, 0.1) is 0 Å². The van der Waals surface area contributed by atoms with Crippen molar-refractivity contribution in [3.63, 3.8) is 0 Å². The molecule has 1 aromatic carbocycles. The van der Waals surface area contributed by atoms with Crippen molar-refractivity contribution in [2.45, 2.75) is 13.8 Å². The number of nitrogens with zero attached hydrogens (tertiary/aromatic N) is 1. The molecule has 2 N–H and O–H groups in total. The van der Waals surface area contributed by atoms with Crippen molar-refractivity contribution in [1.29, 1.82) is 0 Å². The first-order chi connectivity index (χ1) is 10.6. The van der Waals surface area contributed by atoms with E-state index in [9.17, 15) is 14.4 Å². The molecule has 3 amide bonds. The molecule has 0 aliphatic carbocycles. The van der Waals surface area contributed by atoms with Gasteiger partial charge in [-0.15, -0.1) is 0 Å².